The van der Waals surface area contributed by atoms with Crippen LogP contribution in [0.25, 0.3) is 0 Å². The molecule has 2 aliphatic rings. The third-order valence-electron chi connectivity index (χ3n) is 4.38. The third kappa shape index (κ3) is 3.92. The quantitative estimate of drug-likeness (QED) is 0.766. The fraction of sp³-hybridized carbons (Fsp3) is 1.00. The Kier molecular flexibility index (Phi) is 5.89. The first-order valence-corrected chi connectivity index (χ1v) is 7.61. The SMILES string of the molecule is CCOC(CN)CN1CCN(C2CCCC2)CC1. The molecule has 1 saturated heterocycles. The van der Waals surface area contributed by atoms with Gasteiger partial charge in [0.05, 0.1) is 6.10 Å². The van der Waals surface area contributed by atoms with E-state index in [0.29, 0.717) is 6.54 Å². The van der Waals surface area contributed by atoms with E-state index in [1.54, 1.807) is 0 Å². The van der Waals surface area contributed by atoms with Gasteiger partial charge in [0.1, 0.15) is 0 Å². The van der Waals surface area contributed by atoms with Gasteiger partial charge in [0, 0.05) is 51.9 Å². The molecule has 4 nitrogen and oxygen atoms in total. The smallest absolute Gasteiger partial charge is 0.0823 e. The minimum atomic E-state index is 0.216. The van der Waals surface area contributed by atoms with Crippen molar-refractivity contribution in [2.45, 2.75) is 44.8 Å². The predicted molar refractivity (Wildman–Crippen MR) is 74.7 cm³/mol. The van der Waals surface area contributed by atoms with Crippen molar-refractivity contribution in [3.8, 4) is 0 Å². The van der Waals surface area contributed by atoms with Gasteiger partial charge < -0.3 is 10.5 Å². The van der Waals surface area contributed by atoms with E-state index in [2.05, 4.69) is 9.80 Å². The van der Waals surface area contributed by atoms with Crippen molar-refractivity contribution in [3.05, 3.63) is 0 Å². The summed E-state index contributed by atoms with van der Waals surface area (Å²) in [4.78, 5) is 5.21. The maximum Gasteiger partial charge on any atom is 0.0823 e. The summed E-state index contributed by atoms with van der Waals surface area (Å²) in [6.45, 7) is 9.27. The van der Waals surface area contributed by atoms with Gasteiger partial charge in [-0.3, -0.25) is 9.80 Å². The molecule has 1 aliphatic heterocycles. The number of nitrogens with two attached hydrogens (primary N) is 1. The molecule has 0 aromatic carbocycles. The first kappa shape index (κ1) is 14.3. The third-order valence-corrected chi connectivity index (χ3v) is 4.38. The van der Waals surface area contributed by atoms with E-state index in [-0.39, 0.29) is 6.10 Å². The van der Waals surface area contributed by atoms with Crippen LogP contribution in [0.4, 0.5) is 0 Å². The lowest BCUT2D eigenvalue weighted by atomic mass is 10.1. The second-order valence-electron chi connectivity index (χ2n) is 5.59. The van der Waals surface area contributed by atoms with E-state index >= 15 is 0 Å². The van der Waals surface area contributed by atoms with Gasteiger partial charge >= 0.3 is 0 Å². The second-order valence-corrected chi connectivity index (χ2v) is 5.59. The highest BCUT2D eigenvalue weighted by Gasteiger charge is 2.26. The molecule has 106 valence electrons. The van der Waals surface area contributed by atoms with Crippen LogP contribution >= 0.6 is 0 Å². The Morgan fingerprint density at radius 1 is 1.17 bits per heavy atom. The van der Waals surface area contributed by atoms with E-state index in [4.69, 9.17) is 10.5 Å². The summed E-state index contributed by atoms with van der Waals surface area (Å²) in [7, 11) is 0. The molecular formula is C14H29N3O. The first-order valence-electron chi connectivity index (χ1n) is 7.61. The van der Waals surface area contributed by atoms with E-state index in [1.165, 1.54) is 51.9 Å². The molecule has 2 fully saturated rings. The molecule has 0 radical (unpaired) electrons. The van der Waals surface area contributed by atoms with Crippen LogP contribution in [0.1, 0.15) is 32.6 Å². The molecule has 0 spiro atoms. The van der Waals surface area contributed by atoms with Crippen LogP contribution in [0.5, 0.6) is 0 Å². The average molecular weight is 255 g/mol. The Labute approximate surface area is 111 Å². The van der Waals surface area contributed by atoms with Crippen molar-refractivity contribution >= 4 is 0 Å². The standard InChI is InChI=1S/C14H29N3O/c1-2-18-14(11-15)12-16-7-9-17(10-8-16)13-5-3-4-6-13/h13-14H,2-12,15H2,1H3. The zero-order valence-electron chi connectivity index (χ0n) is 11.8. The number of hydrogen-bond donors (Lipinski definition) is 1. The summed E-state index contributed by atoms with van der Waals surface area (Å²) in [5.74, 6) is 0. The van der Waals surface area contributed by atoms with Crippen molar-refractivity contribution in [2.24, 2.45) is 5.73 Å². The summed E-state index contributed by atoms with van der Waals surface area (Å²) in [6.07, 6.45) is 5.93. The monoisotopic (exact) mass is 255 g/mol. The molecule has 1 saturated carbocycles. The summed E-state index contributed by atoms with van der Waals surface area (Å²) in [5.41, 5.74) is 5.74. The molecule has 0 aromatic heterocycles. The van der Waals surface area contributed by atoms with E-state index < -0.39 is 0 Å². The zero-order valence-corrected chi connectivity index (χ0v) is 11.8. The second kappa shape index (κ2) is 7.43. The highest BCUT2D eigenvalue weighted by Crippen LogP contribution is 2.24. The first-order chi connectivity index (χ1) is 8.83. The van der Waals surface area contributed by atoms with Crippen molar-refractivity contribution in [1.29, 1.82) is 0 Å². The van der Waals surface area contributed by atoms with Gasteiger partial charge in [0.25, 0.3) is 0 Å². The molecule has 1 aliphatic carbocycles. The highest BCUT2D eigenvalue weighted by atomic mass is 16.5. The van der Waals surface area contributed by atoms with E-state index in [0.717, 1.165) is 19.2 Å². The predicted octanol–water partition coefficient (Wildman–Crippen LogP) is 0.910. The topological polar surface area (TPSA) is 41.7 Å². The van der Waals surface area contributed by atoms with E-state index in [1.807, 2.05) is 6.92 Å². The molecule has 2 N–H and O–H groups in total. The number of hydrogen-bond acceptors (Lipinski definition) is 4. The molecule has 0 bridgehead atoms. The van der Waals surface area contributed by atoms with Crippen LogP contribution in [0.15, 0.2) is 0 Å². The lowest BCUT2D eigenvalue weighted by Gasteiger charge is -2.39. The van der Waals surface area contributed by atoms with Gasteiger partial charge in [-0.1, -0.05) is 12.8 Å². The number of piperazine rings is 1. The normalized spacial score (nSPS) is 25.7. The fourth-order valence-electron chi connectivity index (χ4n) is 3.30. The molecule has 0 aromatic rings. The van der Waals surface area contributed by atoms with Crippen molar-refractivity contribution in [2.75, 3.05) is 45.9 Å². The zero-order chi connectivity index (χ0) is 12.8. The number of nitrogens with zero attached hydrogens (tertiary/aromatic N) is 2. The molecular weight excluding hydrogens is 226 g/mol. The van der Waals surface area contributed by atoms with Crippen molar-refractivity contribution in [3.63, 3.8) is 0 Å². The van der Waals surface area contributed by atoms with Crippen LogP contribution in [0, 0.1) is 0 Å². The summed E-state index contributed by atoms with van der Waals surface area (Å²) >= 11 is 0. The Morgan fingerprint density at radius 3 is 2.39 bits per heavy atom. The molecule has 1 heterocycles. The van der Waals surface area contributed by atoms with Crippen molar-refractivity contribution < 1.29 is 4.74 Å². The molecule has 18 heavy (non-hydrogen) atoms. The molecule has 0 amide bonds. The van der Waals surface area contributed by atoms with E-state index in [9.17, 15) is 0 Å². The Bertz CT molecular complexity index is 223. The Morgan fingerprint density at radius 2 is 1.83 bits per heavy atom. The van der Waals surface area contributed by atoms with Crippen LogP contribution in [0.3, 0.4) is 0 Å². The summed E-state index contributed by atoms with van der Waals surface area (Å²) in [5, 5.41) is 0. The van der Waals surface area contributed by atoms with Gasteiger partial charge in [-0.2, -0.15) is 0 Å². The van der Waals surface area contributed by atoms with Gasteiger partial charge in [-0.05, 0) is 19.8 Å². The molecule has 1 unspecified atom stereocenters. The number of rotatable bonds is 6. The maximum absolute atomic E-state index is 5.74. The van der Waals surface area contributed by atoms with Gasteiger partial charge in [0.15, 0.2) is 0 Å². The largest absolute Gasteiger partial charge is 0.376 e. The molecule has 4 heteroatoms. The van der Waals surface area contributed by atoms with Gasteiger partial charge in [0.2, 0.25) is 0 Å². The van der Waals surface area contributed by atoms with Gasteiger partial charge in [-0.15, -0.1) is 0 Å². The molecule has 1 atom stereocenters. The Balaban J connectivity index is 1.69. The molecule has 2 rings (SSSR count). The lowest BCUT2D eigenvalue weighted by Crippen LogP contribution is -2.52. The Hall–Kier alpha value is -0.160. The van der Waals surface area contributed by atoms with Crippen LogP contribution in [-0.2, 0) is 4.74 Å². The van der Waals surface area contributed by atoms with Crippen LogP contribution in [0.2, 0.25) is 0 Å². The van der Waals surface area contributed by atoms with Crippen LogP contribution < -0.4 is 5.73 Å². The number of ether oxygens (including phenoxy) is 1. The fourth-order valence-corrected chi connectivity index (χ4v) is 3.30. The minimum absolute atomic E-state index is 0.216. The van der Waals surface area contributed by atoms with Gasteiger partial charge in [-0.25, -0.2) is 0 Å². The highest BCUT2D eigenvalue weighted by molar-refractivity contribution is 4.82. The average Bonchev–Trinajstić information content (AvgIpc) is 2.93. The lowest BCUT2D eigenvalue weighted by molar-refractivity contribution is 0.0187. The van der Waals surface area contributed by atoms with Crippen LogP contribution in [-0.4, -0.2) is 67.8 Å². The maximum atomic E-state index is 5.74. The summed E-state index contributed by atoms with van der Waals surface area (Å²) < 4.78 is 5.64. The minimum Gasteiger partial charge on any atom is -0.376 e. The van der Waals surface area contributed by atoms with Crippen molar-refractivity contribution in [1.82, 2.24) is 9.80 Å². The summed E-state index contributed by atoms with van der Waals surface area (Å²) in [6, 6.07) is 0.879.